The molecule has 0 aliphatic carbocycles. The number of rotatable bonds is 7. The Hall–Kier alpha value is -2.45. The summed E-state index contributed by atoms with van der Waals surface area (Å²) in [6.45, 7) is 2.46. The molecular formula is C18H18N2O2S. The standard InChI is InChI=1S/C18H18N2O2S/c1-2-22-17-9-4-3-8-16(17)20-18(21)13-23-12-15-7-5-6-14(10-15)11-19/h3-10H,2,12-13H2,1H3,(H,20,21). The SMILES string of the molecule is CCOc1ccccc1NC(=O)CSCc1cccc(C#N)c1. The molecule has 0 aliphatic rings. The fraction of sp³-hybridized carbons (Fsp3) is 0.222. The molecule has 0 unspecified atom stereocenters. The summed E-state index contributed by atoms with van der Waals surface area (Å²) in [6, 6.07) is 16.9. The average Bonchev–Trinajstić information content (AvgIpc) is 2.57. The van der Waals surface area contributed by atoms with E-state index < -0.39 is 0 Å². The minimum atomic E-state index is -0.0707. The maximum absolute atomic E-state index is 12.0. The molecule has 0 fully saturated rings. The second-order valence-electron chi connectivity index (χ2n) is 4.78. The fourth-order valence-corrected chi connectivity index (χ4v) is 2.80. The summed E-state index contributed by atoms with van der Waals surface area (Å²) in [5.74, 6) is 1.64. The van der Waals surface area contributed by atoms with Gasteiger partial charge in [0.2, 0.25) is 5.91 Å². The van der Waals surface area contributed by atoms with Crippen molar-refractivity contribution in [1.29, 1.82) is 5.26 Å². The summed E-state index contributed by atoms with van der Waals surface area (Å²) in [5.41, 5.74) is 2.36. The van der Waals surface area contributed by atoms with E-state index in [1.807, 2.05) is 49.4 Å². The highest BCUT2D eigenvalue weighted by atomic mass is 32.2. The number of amides is 1. The topological polar surface area (TPSA) is 62.1 Å². The molecule has 1 amide bonds. The first kappa shape index (κ1) is 16.9. The number of carbonyl (C=O) groups is 1. The Morgan fingerprint density at radius 3 is 2.87 bits per heavy atom. The average molecular weight is 326 g/mol. The minimum absolute atomic E-state index is 0.0707. The maximum Gasteiger partial charge on any atom is 0.234 e. The second-order valence-corrected chi connectivity index (χ2v) is 5.77. The number of para-hydroxylation sites is 2. The van der Waals surface area contributed by atoms with E-state index in [-0.39, 0.29) is 5.91 Å². The maximum atomic E-state index is 12.0. The van der Waals surface area contributed by atoms with E-state index in [9.17, 15) is 4.79 Å². The van der Waals surface area contributed by atoms with Crippen molar-refractivity contribution in [2.75, 3.05) is 17.7 Å². The Bertz CT molecular complexity index is 710. The van der Waals surface area contributed by atoms with Crippen LogP contribution in [0.1, 0.15) is 18.1 Å². The highest BCUT2D eigenvalue weighted by Crippen LogP contribution is 2.24. The zero-order valence-electron chi connectivity index (χ0n) is 12.9. The molecule has 0 radical (unpaired) electrons. The van der Waals surface area contributed by atoms with Crippen molar-refractivity contribution < 1.29 is 9.53 Å². The molecule has 23 heavy (non-hydrogen) atoms. The van der Waals surface area contributed by atoms with Gasteiger partial charge in [-0.2, -0.15) is 5.26 Å². The molecule has 0 atom stereocenters. The van der Waals surface area contributed by atoms with Gasteiger partial charge in [0.25, 0.3) is 0 Å². The summed E-state index contributed by atoms with van der Waals surface area (Å²) in [6.07, 6.45) is 0. The van der Waals surface area contributed by atoms with Gasteiger partial charge >= 0.3 is 0 Å². The third-order valence-electron chi connectivity index (χ3n) is 3.02. The van der Waals surface area contributed by atoms with Gasteiger partial charge in [-0.25, -0.2) is 0 Å². The largest absolute Gasteiger partial charge is 0.492 e. The first-order chi connectivity index (χ1) is 11.2. The molecule has 0 saturated carbocycles. The lowest BCUT2D eigenvalue weighted by Gasteiger charge is -2.11. The molecule has 0 spiro atoms. The lowest BCUT2D eigenvalue weighted by molar-refractivity contribution is -0.113. The van der Waals surface area contributed by atoms with Gasteiger partial charge in [-0.05, 0) is 36.8 Å². The molecule has 2 aromatic rings. The van der Waals surface area contributed by atoms with Crippen LogP contribution in [-0.4, -0.2) is 18.3 Å². The Morgan fingerprint density at radius 1 is 1.26 bits per heavy atom. The molecule has 0 aliphatic heterocycles. The number of nitrogens with one attached hydrogen (secondary N) is 1. The first-order valence-corrected chi connectivity index (χ1v) is 8.47. The number of anilines is 1. The van der Waals surface area contributed by atoms with Crippen LogP contribution in [0, 0.1) is 11.3 Å². The van der Waals surface area contributed by atoms with Gasteiger partial charge in [-0.3, -0.25) is 4.79 Å². The van der Waals surface area contributed by atoms with Gasteiger partial charge in [0.1, 0.15) is 5.75 Å². The Labute approximate surface area is 140 Å². The van der Waals surface area contributed by atoms with Crippen molar-refractivity contribution in [3.8, 4) is 11.8 Å². The number of nitriles is 1. The number of ether oxygens (including phenoxy) is 1. The Balaban J connectivity index is 1.85. The van der Waals surface area contributed by atoms with Crippen LogP contribution in [-0.2, 0) is 10.5 Å². The van der Waals surface area contributed by atoms with Gasteiger partial charge < -0.3 is 10.1 Å². The summed E-state index contributed by atoms with van der Waals surface area (Å²) >= 11 is 1.51. The van der Waals surface area contributed by atoms with Crippen LogP contribution in [0.2, 0.25) is 0 Å². The van der Waals surface area contributed by atoms with Gasteiger partial charge in [-0.1, -0.05) is 24.3 Å². The smallest absolute Gasteiger partial charge is 0.234 e. The Kier molecular flexibility index (Phi) is 6.52. The quantitative estimate of drug-likeness (QED) is 0.840. The molecule has 2 rings (SSSR count). The second kappa shape index (κ2) is 8.86. The van der Waals surface area contributed by atoms with E-state index in [0.29, 0.717) is 35.1 Å². The lowest BCUT2D eigenvalue weighted by atomic mass is 10.2. The predicted octanol–water partition coefficient (Wildman–Crippen LogP) is 3.83. The van der Waals surface area contributed by atoms with Crippen molar-refractivity contribution in [3.63, 3.8) is 0 Å². The van der Waals surface area contributed by atoms with E-state index >= 15 is 0 Å². The fourth-order valence-electron chi connectivity index (χ4n) is 2.03. The molecule has 0 heterocycles. The first-order valence-electron chi connectivity index (χ1n) is 7.31. The monoisotopic (exact) mass is 326 g/mol. The highest BCUT2D eigenvalue weighted by molar-refractivity contribution is 7.99. The normalized spacial score (nSPS) is 9.91. The number of nitrogens with zero attached hydrogens (tertiary/aromatic N) is 1. The van der Waals surface area contributed by atoms with Crippen LogP contribution in [0.5, 0.6) is 5.75 Å². The number of hydrogen-bond donors (Lipinski definition) is 1. The van der Waals surface area contributed by atoms with Crippen LogP contribution in [0.25, 0.3) is 0 Å². The summed E-state index contributed by atoms with van der Waals surface area (Å²) in [5, 5.41) is 11.7. The van der Waals surface area contributed by atoms with E-state index in [4.69, 9.17) is 10.00 Å². The number of thioether (sulfide) groups is 1. The molecule has 118 valence electrons. The lowest BCUT2D eigenvalue weighted by Crippen LogP contribution is -2.15. The van der Waals surface area contributed by atoms with Crippen molar-refractivity contribution in [2.45, 2.75) is 12.7 Å². The predicted molar refractivity (Wildman–Crippen MR) is 93.6 cm³/mol. The summed E-state index contributed by atoms with van der Waals surface area (Å²) in [7, 11) is 0. The van der Waals surface area contributed by atoms with E-state index in [0.717, 1.165) is 5.56 Å². The van der Waals surface area contributed by atoms with E-state index in [1.165, 1.54) is 11.8 Å². The highest BCUT2D eigenvalue weighted by Gasteiger charge is 2.07. The molecule has 5 heteroatoms. The molecule has 0 bridgehead atoms. The zero-order chi connectivity index (χ0) is 16.5. The van der Waals surface area contributed by atoms with Gasteiger partial charge in [-0.15, -0.1) is 11.8 Å². The summed E-state index contributed by atoms with van der Waals surface area (Å²) in [4.78, 5) is 12.0. The van der Waals surface area contributed by atoms with Crippen molar-refractivity contribution in [3.05, 3.63) is 59.7 Å². The number of carbonyl (C=O) groups excluding carboxylic acids is 1. The molecule has 0 saturated heterocycles. The number of benzene rings is 2. The van der Waals surface area contributed by atoms with Crippen LogP contribution < -0.4 is 10.1 Å². The van der Waals surface area contributed by atoms with Gasteiger partial charge in [0.05, 0.1) is 29.7 Å². The molecule has 2 aromatic carbocycles. The van der Waals surface area contributed by atoms with Crippen molar-refractivity contribution >= 4 is 23.4 Å². The van der Waals surface area contributed by atoms with Crippen molar-refractivity contribution in [2.24, 2.45) is 0 Å². The summed E-state index contributed by atoms with van der Waals surface area (Å²) < 4.78 is 5.49. The number of hydrogen-bond acceptors (Lipinski definition) is 4. The molecule has 1 N–H and O–H groups in total. The van der Waals surface area contributed by atoms with E-state index in [2.05, 4.69) is 11.4 Å². The molecular weight excluding hydrogens is 308 g/mol. The van der Waals surface area contributed by atoms with Crippen LogP contribution in [0.4, 0.5) is 5.69 Å². The Morgan fingerprint density at radius 2 is 2.09 bits per heavy atom. The van der Waals surface area contributed by atoms with Gasteiger partial charge in [0, 0.05) is 5.75 Å². The zero-order valence-corrected chi connectivity index (χ0v) is 13.7. The van der Waals surface area contributed by atoms with Crippen molar-refractivity contribution in [1.82, 2.24) is 0 Å². The molecule has 4 nitrogen and oxygen atoms in total. The van der Waals surface area contributed by atoms with Gasteiger partial charge in [0.15, 0.2) is 0 Å². The van der Waals surface area contributed by atoms with Crippen LogP contribution in [0.15, 0.2) is 48.5 Å². The molecule has 0 aromatic heterocycles. The van der Waals surface area contributed by atoms with Crippen LogP contribution >= 0.6 is 11.8 Å². The third kappa shape index (κ3) is 5.35. The minimum Gasteiger partial charge on any atom is -0.492 e. The van der Waals surface area contributed by atoms with E-state index in [1.54, 1.807) is 6.07 Å². The third-order valence-corrected chi connectivity index (χ3v) is 4.02. The van der Waals surface area contributed by atoms with Crippen LogP contribution in [0.3, 0.4) is 0 Å².